The fourth-order valence-electron chi connectivity index (χ4n) is 2.36. The highest BCUT2D eigenvalue weighted by Crippen LogP contribution is 1.95. The van der Waals surface area contributed by atoms with E-state index in [0.29, 0.717) is 72.7 Å². The average Bonchev–Trinajstić information content (AvgIpc) is 2.89. The smallest absolute Gasteiger partial charge is 0.372 e. The van der Waals surface area contributed by atoms with Crippen LogP contribution in [0.15, 0.2) is 0 Å². The molecule has 0 aromatic heterocycles. The van der Waals surface area contributed by atoms with Crippen LogP contribution in [0, 0.1) is 0 Å². The Hall–Kier alpha value is -2.73. The van der Waals surface area contributed by atoms with Crippen LogP contribution in [-0.2, 0) is 61.9 Å². The summed E-state index contributed by atoms with van der Waals surface area (Å²) in [4.78, 5) is 54.1. The molecule has 0 aliphatic heterocycles. The Morgan fingerprint density at radius 1 is 0.513 bits per heavy atom. The van der Waals surface area contributed by atoms with E-state index in [1.165, 1.54) is 0 Å². The molecule has 0 unspecified atom stereocenters. The zero-order valence-corrected chi connectivity index (χ0v) is 21.9. The van der Waals surface area contributed by atoms with Crippen LogP contribution in [0.25, 0.3) is 0 Å². The maximum Gasteiger partial charge on any atom is 0.372 e. The molecule has 0 spiro atoms. The zero-order chi connectivity index (χ0) is 29.0. The van der Waals surface area contributed by atoms with Gasteiger partial charge in [0.2, 0.25) is 11.7 Å². The third kappa shape index (κ3) is 28.1. The molecule has 0 radical (unpaired) electrons. The number of carbonyl (C=O) groups excluding carboxylic acids is 3. The molecule has 0 aliphatic carbocycles. The summed E-state index contributed by atoms with van der Waals surface area (Å²) in [5, 5.41) is 19.3. The van der Waals surface area contributed by atoms with Crippen LogP contribution in [0.4, 0.5) is 0 Å². The number of Topliss-reactive ketones (excluding diaryl/α,β-unsaturated/α-hetero) is 1. The summed E-state index contributed by atoms with van der Waals surface area (Å²) in [6.07, 6.45) is -0.682. The molecule has 39 heavy (non-hydrogen) atoms. The van der Waals surface area contributed by atoms with E-state index in [9.17, 15) is 24.0 Å². The van der Waals surface area contributed by atoms with Crippen LogP contribution in [0.1, 0.15) is 12.8 Å². The third-order valence-corrected chi connectivity index (χ3v) is 4.17. The lowest BCUT2D eigenvalue weighted by Crippen LogP contribution is -2.31. The second kappa shape index (κ2) is 26.9. The van der Waals surface area contributed by atoms with Crippen LogP contribution in [0.3, 0.4) is 0 Å². The van der Waals surface area contributed by atoms with Crippen LogP contribution in [-0.4, -0.2) is 145 Å². The molecule has 16 nitrogen and oxygen atoms in total. The van der Waals surface area contributed by atoms with Gasteiger partial charge >= 0.3 is 17.9 Å². The van der Waals surface area contributed by atoms with Crippen molar-refractivity contribution >= 4 is 29.6 Å². The van der Waals surface area contributed by atoms with E-state index >= 15 is 0 Å². The summed E-state index contributed by atoms with van der Waals surface area (Å²) in [5.41, 5.74) is 0. The standard InChI is InChI=1S/C23H39NO15/c25-19(23(30)31)1-2-22(29)39-16-15-37-14-13-36-12-11-35-10-9-34-8-7-33-6-5-32-4-3-24-20(26)17-38-18-21(27)28/h1-18H2,(H,24,26)(H,27,28)(H,30,31). The first-order chi connectivity index (χ1) is 18.8. The number of esters is 1. The van der Waals surface area contributed by atoms with Crippen LogP contribution in [0.5, 0.6) is 0 Å². The highest BCUT2D eigenvalue weighted by molar-refractivity contribution is 6.32. The van der Waals surface area contributed by atoms with Gasteiger partial charge in [0.15, 0.2) is 0 Å². The van der Waals surface area contributed by atoms with E-state index in [2.05, 4.69) is 10.1 Å². The molecule has 226 valence electrons. The second-order valence-electron chi connectivity index (χ2n) is 7.36. The van der Waals surface area contributed by atoms with Gasteiger partial charge in [-0.15, -0.1) is 0 Å². The molecule has 0 aliphatic rings. The summed E-state index contributed by atoms with van der Waals surface area (Å²) >= 11 is 0. The van der Waals surface area contributed by atoms with Gasteiger partial charge in [0.05, 0.1) is 85.7 Å². The third-order valence-electron chi connectivity index (χ3n) is 4.17. The molecule has 0 saturated carbocycles. The van der Waals surface area contributed by atoms with E-state index < -0.39 is 42.6 Å². The van der Waals surface area contributed by atoms with Crippen molar-refractivity contribution in [2.75, 3.05) is 106 Å². The number of carbonyl (C=O) groups is 5. The second-order valence-corrected chi connectivity index (χ2v) is 7.36. The Labute approximate surface area is 226 Å². The van der Waals surface area contributed by atoms with Gasteiger partial charge in [0, 0.05) is 13.0 Å². The van der Waals surface area contributed by atoms with Crippen LogP contribution in [0.2, 0.25) is 0 Å². The van der Waals surface area contributed by atoms with Crippen molar-refractivity contribution < 1.29 is 72.1 Å². The van der Waals surface area contributed by atoms with Gasteiger partial charge in [-0.1, -0.05) is 0 Å². The number of hydrogen-bond acceptors (Lipinski definition) is 13. The van der Waals surface area contributed by atoms with Crippen molar-refractivity contribution in [3.63, 3.8) is 0 Å². The fourth-order valence-corrected chi connectivity index (χ4v) is 2.36. The van der Waals surface area contributed by atoms with Crippen molar-refractivity contribution in [1.29, 1.82) is 0 Å². The van der Waals surface area contributed by atoms with E-state index in [0.717, 1.165) is 0 Å². The minimum Gasteiger partial charge on any atom is -0.480 e. The molecule has 16 heteroatoms. The van der Waals surface area contributed by atoms with Gasteiger partial charge in [0.25, 0.3) is 0 Å². The van der Waals surface area contributed by atoms with Gasteiger partial charge in [-0.25, -0.2) is 9.59 Å². The minimum absolute atomic E-state index is 0.000659. The minimum atomic E-state index is -1.57. The lowest BCUT2D eigenvalue weighted by atomic mass is 10.2. The quantitative estimate of drug-likeness (QED) is 0.0519. The van der Waals surface area contributed by atoms with Gasteiger partial charge in [-0.05, 0) is 0 Å². The summed E-state index contributed by atoms with van der Waals surface area (Å²) in [6, 6.07) is 0. The van der Waals surface area contributed by atoms with Gasteiger partial charge in [-0.2, -0.15) is 0 Å². The van der Waals surface area contributed by atoms with Gasteiger partial charge in [0.1, 0.15) is 19.8 Å². The first-order valence-electron chi connectivity index (χ1n) is 12.3. The van der Waals surface area contributed by atoms with Crippen molar-refractivity contribution in [1.82, 2.24) is 5.32 Å². The molecular weight excluding hydrogens is 530 g/mol. The lowest BCUT2D eigenvalue weighted by molar-refractivity contribution is -0.151. The Balaban J connectivity index is 3.20. The summed E-state index contributed by atoms with van der Waals surface area (Å²) in [5.74, 6) is -4.83. The fraction of sp³-hybridized carbons (Fsp3) is 0.783. The summed E-state index contributed by atoms with van der Waals surface area (Å²) in [6.45, 7) is 3.61. The zero-order valence-electron chi connectivity index (χ0n) is 21.9. The van der Waals surface area contributed by atoms with Crippen LogP contribution >= 0.6 is 0 Å². The Morgan fingerprint density at radius 2 is 0.949 bits per heavy atom. The SMILES string of the molecule is O=C(O)COCC(=O)NCCOCCOCCOCCOCCOCCOCCOC(=O)CCC(=O)C(=O)O. The highest BCUT2D eigenvalue weighted by Gasteiger charge is 2.14. The summed E-state index contributed by atoms with van der Waals surface area (Å²) < 4.78 is 41.3. The topological polar surface area (TPSA) is 212 Å². The van der Waals surface area contributed by atoms with Gasteiger partial charge in [-0.3, -0.25) is 14.4 Å². The molecule has 0 fully saturated rings. The van der Waals surface area contributed by atoms with Crippen molar-refractivity contribution in [3.8, 4) is 0 Å². The number of nitrogens with one attached hydrogen (secondary N) is 1. The first-order valence-corrected chi connectivity index (χ1v) is 12.3. The average molecular weight is 570 g/mol. The number of hydrogen-bond donors (Lipinski definition) is 3. The summed E-state index contributed by atoms with van der Waals surface area (Å²) in [7, 11) is 0. The Kier molecular flexibility index (Phi) is 25.0. The maximum atomic E-state index is 11.3. The number of carboxylic acids is 2. The molecule has 1 amide bonds. The molecule has 0 heterocycles. The predicted molar refractivity (Wildman–Crippen MR) is 129 cm³/mol. The number of aliphatic carboxylic acids is 2. The number of ether oxygens (including phenoxy) is 8. The highest BCUT2D eigenvalue weighted by atomic mass is 16.6. The molecule has 0 atom stereocenters. The Bertz CT molecular complexity index is 688. The molecule has 0 aromatic carbocycles. The van der Waals surface area contributed by atoms with Crippen molar-refractivity contribution in [3.05, 3.63) is 0 Å². The van der Waals surface area contributed by atoms with E-state index in [-0.39, 0.29) is 32.8 Å². The van der Waals surface area contributed by atoms with Crippen molar-refractivity contribution in [2.45, 2.75) is 12.8 Å². The van der Waals surface area contributed by atoms with Gasteiger partial charge < -0.3 is 53.4 Å². The first kappa shape index (κ1) is 36.3. The van der Waals surface area contributed by atoms with E-state index in [1.807, 2.05) is 0 Å². The van der Waals surface area contributed by atoms with Crippen molar-refractivity contribution in [2.24, 2.45) is 0 Å². The molecule has 0 bridgehead atoms. The number of ketones is 1. The normalized spacial score (nSPS) is 10.8. The molecule has 3 N–H and O–H groups in total. The molecule has 0 saturated heterocycles. The van der Waals surface area contributed by atoms with Crippen LogP contribution < -0.4 is 5.32 Å². The molecule has 0 aromatic rings. The maximum absolute atomic E-state index is 11.3. The number of amides is 1. The molecule has 0 rings (SSSR count). The predicted octanol–water partition coefficient (Wildman–Crippen LogP) is -1.72. The number of carboxylic acid groups (broad SMARTS) is 2. The lowest BCUT2D eigenvalue weighted by Gasteiger charge is -2.09. The molecular formula is C23H39NO15. The Morgan fingerprint density at radius 3 is 1.38 bits per heavy atom. The van der Waals surface area contributed by atoms with E-state index in [1.54, 1.807) is 0 Å². The monoisotopic (exact) mass is 569 g/mol. The largest absolute Gasteiger partial charge is 0.480 e. The number of rotatable bonds is 29. The van der Waals surface area contributed by atoms with E-state index in [4.69, 9.17) is 43.4 Å².